The van der Waals surface area contributed by atoms with E-state index in [9.17, 15) is 24.3 Å². The first kappa shape index (κ1) is 52.8. The standard InChI is InChI=1S/C42H51IN5O6.C9H15N2O2.CH3.In/c1-8-46-35-14-13-28-22-32(35)33(39(46)31-11-9-15-44-38(31)26(4)53-7)23-42(5,6)24-54-41(52)36-12-10-16-47(48(36)43)40(51)34(45-37(50)17-25(2)3)20-27-18-29(28)21-30(49)19-27;1-10(2)6-9(13)11-4-3-8(5-11)7-12;;/h9,11,13-15,17-19,21-22,25-26,34,36,49H,8,10,12,16,20,23-24H2,1-7H3,(H,45,50);8H,3-6H2,1-2H3;1H3;/t26-,34-,36-;8-;;/m00../s1. The van der Waals surface area contributed by atoms with E-state index in [4.69, 9.17) is 14.5 Å². The van der Waals surface area contributed by atoms with Crippen LogP contribution in [0, 0.1) is 17.3 Å². The number of likely N-dealkylation sites (tertiary alicyclic amines) is 1. The minimum absolute atomic E-state index is 0.0118. The number of nitrogens with one attached hydrogen (secondary N) is 1. The first-order valence-electron chi connectivity index (χ1n) is 24.4. The molecule has 6 bridgehead atoms. The molecule has 0 radical (unpaired) electrons. The SMILES string of the molecule is CCn1c(-c2cccnc2[C@H](C)OC)c2c3cc(ccc31)-c1cc(O)cc(c1)C[C@H](NC(=O)[C@H](C(C)C)[In]([CH3])[C](=O)[C@H]1CCN(C(=O)CN(C)C)C1)C(=O)N1CCC[C@@H](C(=O)OCC(C)(C)C2)N1I. The van der Waals surface area contributed by atoms with Crippen molar-refractivity contribution in [3.05, 3.63) is 71.5 Å². The predicted molar refractivity (Wildman–Crippen MR) is 276 cm³/mol. The zero-order valence-corrected chi connectivity index (χ0v) is 47.3. The van der Waals surface area contributed by atoms with Crippen molar-refractivity contribution in [3.63, 3.8) is 0 Å². The van der Waals surface area contributed by atoms with Gasteiger partial charge in [-0.05, 0) is 32.4 Å². The molecule has 0 spiro atoms. The van der Waals surface area contributed by atoms with Crippen molar-refractivity contribution in [2.75, 3.05) is 54.0 Å². The second kappa shape index (κ2) is 22.2. The van der Waals surface area contributed by atoms with Crippen LogP contribution in [0.3, 0.4) is 0 Å². The summed E-state index contributed by atoms with van der Waals surface area (Å²) < 4.78 is 17.5. The molecule has 2 fully saturated rings. The Kier molecular flexibility index (Phi) is 17.0. The molecule has 3 aliphatic rings. The number of pyridine rings is 1. The van der Waals surface area contributed by atoms with Gasteiger partial charge in [-0.15, -0.1) is 0 Å². The van der Waals surface area contributed by atoms with Gasteiger partial charge in [-0.1, -0.05) is 13.8 Å². The Labute approximate surface area is 428 Å². The van der Waals surface area contributed by atoms with Crippen LogP contribution in [-0.2, 0) is 52.8 Å². The van der Waals surface area contributed by atoms with Gasteiger partial charge in [0.15, 0.2) is 0 Å². The summed E-state index contributed by atoms with van der Waals surface area (Å²) in [6, 6.07) is 13.8. The van der Waals surface area contributed by atoms with Crippen LogP contribution in [0.15, 0.2) is 54.7 Å². The maximum absolute atomic E-state index is 15.0. The monoisotopic (exact) mass is 1160 g/mol. The number of ether oxygens (including phenoxy) is 2. The number of fused-ring (bicyclic) bond motifs is 6. The Hall–Kier alpha value is -4.04. The van der Waals surface area contributed by atoms with E-state index in [1.807, 2.05) is 85.5 Å². The Morgan fingerprint density at radius 3 is 2.51 bits per heavy atom. The van der Waals surface area contributed by atoms with E-state index in [-0.39, 0.29) is 58.6 Å². The zero-order chi connectivity index (χ0) is 50.1. The van der Waals surface area contributed by atoms with E-state index in [0.29, 0.717) is 57.4 Å². The summed E-state index contributed by atoms with van der Waals surface area (Å²) in [5, 5.41) is 17.1. The number of aryl methyl sites for hydroxylation is 1. The van der Waals surface area contributed by atoms with E-state index < -0.39 is 54.5 Å². The normalized spacial score (nSPS) is 21.0. The Balaban J connectivity index is 1.30. The molecule has 2 saturated heterocycles. The third-order valence-corrected chi connectivity index (χ3v) is 25.4. The first-order chi connectivity index (χ1) is 32.7. The van der Waals surface area contributed by atoms with Crippen molar-refractivity contribution in [3.8, 4) is 28.1 Å². The van der Waals surface area contributed by atoms with Crippen molar-refractivity contribution in [1.82, 2.24) is 32.9 Å². The number of aromatic nitrogens is 2. The average Bonchev–Trinajstić information content (AvgIpc) is 3.92. The number of benzene rings is 2. The number of likely N-dealkylation sites (N-methyl/N-ethyl adjacent to an activating group) is 1. The minimum atomic E-state index is -3.41. The molecule has 7 rings (SSSR count). The Bertz CT molecular complexity index is 2580. The molecule has 17 heteroatoms. The molecule has 3 amide bonds. The molecule has 0 saturated carbocycles. The average molecular weight is 1160 g/mol. The van der Waals surface area contributed by atoms with Crippen LogP contribution in [0.25, 0.3) is 33.3 Å². The van der Waals surface area contributed by atoms with Gasteiger partial charge in [-0.3, -0.25) is 4.98 Å². The van der Waals surface area contributed by atoms with Gasteiger partial charge in [0, 0.05) is 25.4 Å². The first-order valence-corrected chi connectivity index (χ1v) is 32.2. The second-order valence-corrected chi connectivity index (χ2v) is 29.8. The van der Waals surface area contributed by atoms with Gasteiger partial charge in [-0.25, -0.2) is 0 Å². The van der Waals surface area contributed by atoms with E-state index in [2.05, 4.69) is 48.9 Å². The third kappa shape index (κ3) is 11.5. The molecule has 2 aromatic heterocycles. The summed E-state index contributed by atoms with van der Waals surface area (Å²) in [5.41, 5.74) is 6.55. The van der Waals surface area contributed by atoms with Crippen LogP contribution >= 0.6 is 22.9 Å². The summed E-state index contributed by atoms with van der Waals surface area (Å²) in [5.74, 6) is -1.67. The topological polar surface area (TPSA) is 167 Å². The van der Waals surface area contributed by atoms with Crippen molar-refractivity contribution >= 4 is 82.4 Å². The van der Waals surface area contributed by atoms with E-state index >= 15 is 4.79 Å². The van der Waals surface area contributed by atoms with E-state index in [1.165, 1.54) is 5.01 Å². The summed E-state index contributed by atoms with van der Waals surface area (Å²) in [7, 11) is 5.36. The fourth-order valence-corrected chi connectivity index (χ4v) is 20.4. The number of carbonyl (C=O) groups is 5. The number of nitrogens with zero attached hydrogens (tertiary/aromatic N) is 6. The number of aromatic hydroxyl groups is 1. The van der Waals surface area contributed by atoms with Gasteiger partial charge in [0.25, 0.3) is 0 Å². The molecule has 370 valence electrons. The van der Waals surface area contributed by atoms with Gasteiger partial charge >= 0.3 is 328 Å². The fraction of sp³-hybridized carbons (Fsp3) is 0.538. The van der Waals surface area contributed by atoms with Crippen LogP contribution in [0.5, 0.6) is 5.75 Å². The van der Waals surface area contributed by atoms with Gasteiger partial charge in [-0.2, -0.15) is 0 Å². The van der Waals surface area contributed by atoms with Gasteiger partial charge in [0.1, 0.15) is 0 Å². The summed E-state index contributed by atoms with van der Waals surface area (Å²) in [6.07, 6.45) is 3.67. The molecule has 69 heavy (non-hydrogen) atoms. The number of amides is 3. The molecule has 5 heterocycles. The van der Waals surface area contributed by atoms with Crippen molar-refractivity contribution in [2.24, 2.45) is 17.3 Å². The number of esters is 1. The van der Waals surface area contributed by atoms with Crippen molar-refractivity contribution < 1.29 is 38.6 Å². The van der Waals surface area contributed by atoms with Crippen molar-refractivity contribution in [2.45, 2.75) is 107 Å². The molecule has 5 atom stereocenters. The Morgan fingerprint density at radius 1 is 1.06 bits per heavy atom. The summed E-state index contributed by atoms with van der Waals surface area (Å²) in [4.78, 5) is 79.5. The number of rotatable bonds is 12. The third-order valence-electron chi connectivity index (χ3n) is 14.2. The number of methoxy groups -OCH3 is 1. The number of hydrazine groups is 1. The maximum atomic E-state index is 15.0. The molecular weight excluding hydrogens is 1090 g/mol. The molecule has 3 aliphatic heterocycles. The molecular formula is C52H69IInN7O8. The molecule has 15 nitrogen and oxygen atoms in total. The van der Waals surface area contributed by atoms with Crippen molar-refractivity contribution in [1.29, 1.82) is 0 Å². The quantitative estimate of drug-likeness (QED) is 0.0839. The van der Waals surface area contributed by atoms with Crippen LogP contribution in [0.1, 0.15) is 83.7 Å². The zero-order valence-electron chi connectivity index (χ0n) is 41.9. The van der Waals surface area contributed by atoms with Gasteiger partial charge in [0.2, 0.25) is 0 Å². The molecule has 4 aromatic rings. The van der Waals surface area contributed by atoms with Crippen LogP contribution < -0.4 is 5.32 Å². The number of cyclic esters (lactones) is 1. The molecule has 0 aliphatic carbocycles. The van der Waals surface area contributed by atoms with E-state index in [0.717, 1.165) is 44.5 Å². The van der Waals surface area contributed by atoms with E-state index in [1.54, 1.807) is 33.6 Å². The van der Waals surface area contributed by atoms with Crippen LogP contribution in [-0.4, -0.2) is 147 Å². The molecule has 2 N–H and O–H groups in total. The van der Waals surface area contributed by atoms with Gasteiger partial charge in [0.05, 0.1) is 17.5 Å². The fourth-order valence-electron chi connectivity index (χ4n) is 10.7. The number of hydrogen-bond donors (Lipinski definition) is 2. The van der Waals surface area contributed by atoms with Crippen LogP contribution in [0.2, 0.25) is 8.35 Å². The second-order valence-electron chi connectivity index (χ2n) is 20.7. The van der Waals surface area contributed by atoms with Crippen LogP contribution in [0.4, 0.5) is 0 Å². The number of phenols is 1. The summed E-state index contributed by atoms with van der Waals surface area (Å²) >= 11 is -1.39. The summed E-state index contributed by atoms with van der Waals surface area (Å²) in [6.45, 7) is 14.4. The number of hydrogen-bond acceptors (Lipinski definition) is 11. The van der Waals surface area contributed by atoms with Gasteiger partial charge < -0.3 is 9.30 Å². The molecule has 0 unspecified atom stereocenters. The molecule has 2 aromatic carbocycles. The number of carbonyl (C=O) groups excluding carboxylic acids is 5. The predicted octanol–water partition coefficient (Wildman–Crippen LogP) is 7.18. The number of halogens is 1. The Morgan fingerprint density at radius 2 is 1.81 bits per heavy atom. The number of phenolic OH excluding ortho intramolecular Hbond substituents is 1.